The molecule has 2 heterocycles. The highest BCUT2D eigenvalue weighted by Gasteiger charge is 2.15. The van der Waals surface area contributed by atoms with Crippen molar-refractivity contribution in [2.45, 2.75) is 37.8 Å². The molecule has 0 aliphatic rings. The van der Waals surface area contributed by atoms with Gasteiger partial charge in [-0.2, -0.15) is 0 Å². The fraction of sp³-hybridized carbons (Fsp3) is 0.278. The lowest BCUT2D eigenvalue weighted by molar-refractivity contribution is 0.102. The van der Waals surface area contributed by atoms with E-state index in [0.717, 1.165) is 38.3 Å². The van der Waals surface area contributed by atoms with Crippen LogP contribution >= 0.6 is 34.4 Å². The first-order valence-electron chi connectivity index (χ1n) is 7.97. The predicted octanol–water partition coefficient (Wildman–Crippen LogP) is 5.32. The van der Waals surface area contributed by atoms with Crippen molar-refractivity contribution in [2.75, 3.05) is 5.32 Å². The molecule has 3 rings (SSSR count). The molecule has 0 aliphatic carbocycles. The zero-order valence-electron chi connectivity index (χ0n) is 14.3. The Bertz CT molecular complexity index is 885. The molecular formula is C18H19N3OS3. The lowest BCUT2D eigenvalue weighted by atomic mass is 10.2. The number of rotatable bonds is 6. The number of carbonyl (C=O) groups is 1. The number of benzene rings is 1. The van der Waals surface area contributed by atoms with E-state index in [4.69, 9.17) is 0 Å². The molecule has 0 atom stereocenters. The molecule has 1 N–H and O–H groups in total. The molecule has 0 saturated carbocycles. The van der Waals surface area contributed by atoms with Crippen LogP contribution in [-0.2, 0) is 12.2 Å². The average Bonchev–Trinajstić information content (AvgIpc) is 3.18. The number of thioether (sulfide) groups is 1. The van der Waals surface area contributed by atoms with E-state index < -0.39 is 0 Å². The number of nitrogens with zero attached hydrogens (tertiary/aromatic N) is 2. The zero-order chi connectivity index (χ0) is 17.8. The highest BCUT2D eigenvalue weighted by Crippen LogP contribution is 2.28. The van der Waals surface area contributed by atoms with Gasteiger partial charge >= 0.3 is 0 Å². The second-order valence-electron chi connectivity index (χ2n) is 5.47. The first kappa shape index (κ1) is 18.1. The maximum atomic E-state index is 12.7. The van der Waals surface area contributed by atoms with Gasteiger partial charge in [-0.25, -0.2) is 9.97 Å². The van der Waals surface area contributed by atoms with E-state index >= 15 is 0 Å². The Morgan fingerprint density at radius 1 is 1.24 bits per heavy atom. The summed E-state index contributed by atoms with van der Waals surface area (Å²) in [6.07, 6.45) is 0.873. The number of aryl methyl sites for hydroxylation is 3. The number of thiazole rings is 2. The summed E-state index contributed by atoms with van der Waals surface area (Å²) in [5, 5.41) is 6.73. The average molecular weight is 390 g/mol. The quantitative estimate of drug-likeness (QED) is 0.580. The van der Waals surface area contributed by atoms with Gasteiger partial charge in [-0.3, -0.25) is 10.1 Å². The molecule has 0 aliphatic heterocycles. The first-order valence-corrected chi connectivity index (χ1v) is 10.7. The summed E-state index contributed by atoms with van der Waals surface area (Å²) in [6.45, 7) is 6.10. The Morgan fingerprint density at radius 2 is 2.04 bits per heavy atom. The molecule has 1 aromatic carbocycles. The monoisotopic (exact) mass is 389 g/mol. The van der Waals surface area contributed by atoms with Crippen LogP contribution in [0.1, 0.15) is 38.6 Å². The lowest BCUT2D eigenvalue weighted by Gasteiger charge is -2.08. The third-order valence-corrected chi connectivity index (χ3v) is 6.48. The summed E-state index contributed by atoms with van der Waals surface area (Å²) in [7, 11) is 0. The van der Waals surface area contributed by atoms with Crippen molar-refractivity contribution in [3.05, 3.63) is 56.5 Å². The molecule has 3 aromatic rings. The van der Waals surface area contributed by atoms with Crippen LogP contribution in [0.4, 0.5) is 5.13 Å². The van der Waals surface area contributed by atoms with Crippen LogP contribution in [0.2, 0.25) is 0 Å². The molecule has 1 amide bonds. The van der Waals surface area contributed by atoms with E-state index in [1.807, 2.05) is 38.1 Å². The summed E-state index contributed by atoms with van der Waals surface area (Å²) in [4.78, 5) is 23.8. The zero-order valence-corrected chi connectivity index (χ0v) is 16.8. The second kappa shape index (κ2) is 8.12. The number of carbonyl (C=O) groups excluding carboxylic acids is 1. The van der Waals surface area contributed by atoms with Crippen molar-refractivity contribution in [2.24, 2.45) is 0 Å². The highest BCUT2D eigenvalue weighted by molar-refractivity contribution is 7.98. The van der Waals surface area contributed by atoms with E-state index in [9.17, 15) is 4.79 Å². The van der Waals surface area contributed by atoms with Crippen LogP contribution in [0.15, 0.2) is 34.5 Å². The third-order valence-electron chi connectivity index (χ3n) is 3.62. The summed E-state index contributed by atoms with van der Waals surface area (Å²) >= 11 is 4.80. The fourth-order valence-electron chi connectivity index (χ4n) is 2.38. The summed E-state index contributed by atoms with van der Waals surface area (Å²) in [6, 6.07) is 7.67. The van der Waals surface area contributed by atoms with Gasteiger partial charge in [0.2, 0.25) is 0 Å². The Balaban J connectivity index is 1.73. The Labute approximate surface area is 159 Å². The highest BCUT2D eigenvalue weighted by atomic mass is 32.2. The molecule has 0 radical (unpaired) electrons. The van der Waals surface area contributed by atoms with Gasteiger partial charge < -0.3 is 0 Å². The number of hydrogen-bond acceptors (Lipinski definition) is 6. The lowest BCUT2D eigenvalue weighted by Crippen LogP contribution is -2.12. The van der Waals surface area contributed by atoms with Crippen LogP contribution in [-0.4, -0.2) is 15.9 Å². The molecule has 130 valence electrons. The van der Waals surface area contributed by atoms with E-state index in [2.05, 4.69) is 27.6 Å². The van der Waals surface area contributed by atoms with Crippen molar-refractivity contribution in [3.63, 3.8) is 0 Å². The predicted molar refractivity (Wildman–Crippen MR) is 107 cm³/mol. The Hall–Kier alpha value is -1.70. The minimum Gasteiger partial charge on any atom is -0.298 e. The molecule has 4 nitrogen and oxygen atoms in total. The molecule has 25 heavy (non-hydrogen) atoms. The summed E-state index contributed by atoms with van der Waals surface area (Å²) < 4.78 is 0. The van der Waals surface area contributed by atoms with E-state index in [1.54, 1.807) is 23.1 Å². The Morgan fingerprint density at radius 3 is 2.72 bits per heavy atom. The summed E-state index contributed by atoms with van der Waals surface area (Å²) in [5.74, 6) is 0.638. The molecule has 2 aromatic heterocycles. The van der Waals surface area contributed by atoms with Gasteiger partial charge in [0.1, 0.15) is 0 Å². The topological polar surface area (TPSA) is 54.9 Å². The van der Waals surface area contributed by atoms with Crippen molar-refractivity contribution in [3.8, 4) is 0 Å². The molecule has 7 heteroatoms. The van der Waals surface area contributed by atoms with E-state index in [-0.39, 0.29) is 5.91 Å². The summed E-state index contributed by atoms with van der Waals surface area (Å²) in [5.41, 5.74) is 2.76. The molecule has 0 spiro atoms. The van der Waals surface area contributed by atoms with Gasteiger partial charge in [-0.05, 0) is 32.4 Å². The van der Waals surface area contributed by atoms with Crippen LogP contribution in [0.25, 0.3) is 0 Å². The van der Waals surface area contributed by atoms with E-state index in [1.165, 1.54) is 11.3 Å². The van der Waals surface area contributed by atoms with Crippen LogP contribution < -0.4 is 5.32 Å². The number of aromatic nitrogens is 2. The minimum atomic E-state index is -0.117. The van der Waals surface area contributed by atoms with Crippen LogP contribution in [0, 0.1) is 13.8 Å². The van der Waals surface area contributed by atoms with Crippen molar-refractivity contribution in [1.82, 2.24) is 9.97 Å². The fourth-order valence-corrected chi connectivity index (χ4v) is 4.94. The van der Waals surface area contributed by atoms with Crippen molar-refractivity contribution >= 4 is 45.5 Å². The number of anilines is 1. The number of hydrogen-bond donors (Lipinski definition) is 1. The molecular weight excluding hydrogens is 370 g/mol. The van der Waals surface area contributed by atoms with Crippen molar-refractivity contribution < 1.29 is 4.79 Å². The molecule has 0 saturated heterocycles. The normalized spacial score (nSPS) is 10.8. The van der Waals surface area contributed by atoms with Gasteiger partial charge in [0.25, 0.3) is 5.91 Å². The smallest absolute Gasteiger partial charge is 0.258 e. The van der Waals surface area contributed by atoms with Gasteiger partial charge in [0, 0.05) is 20.9 Å². The largest absolute Gasteiger partial charge is 0.298 e. The number of nitrogens with one attached hydrogen (secondary N) is 1. The molecule has 0 unspecified atom stereocenters. The van der Waals surface area contributed by atoms with Gasteiger partial charge in [-0.15, -0.1) is 34.4 Å². The van der Waals surface area contributed by atoms with Crippen LogP contribution in [0.3, 0.4) is 0 Å². The van der Waals surface area contributed by atoms with Gasteiger partial charge in [-0.1, -0.05) is 19.1 Å². The standard InChI is InChI=1S/C18H19N3OS3/c1-4-15-11(2)25-18(20-15)21-17(22)14-7-5-6-8-16(14)24-10-13-9-23-12(3)19-13/h5-9H,4,10H2,1-3H3,(H,20,21,22). The maximum Gasteiger partial charge on any atom is 0.258 e. The molecule has 0 fully saturated rings. The SMILES string of the molecule is CCc1nc(NC(=O)c2ccccc2SCc2csc(C)n2)sc1C. The van der Waals surface area contributed by atoms with Gasteiger partial charge in [0.05, 0.1) is 22.0 Å². The van der Waals surface area contributed by atoms with E-state index in [0.29, 0.717) is 10.7 Å². The third kappa shape index (κ3) is 4.48. The van der Waals surface area contributed by atoms with Gasteiger partial charge in [0.15, 0.2) is 5.13 Å². The first-order chi connectivity index (χ1) is 12.1. The Kier molecular flexibility index (Phi) is 5.88. The minimum absolute atomic E-state index is 0.117. The maximum absolute atomic E-state index is 12.7. The molecule has 0 bridgehead atoms. The van der Waals surface area contributed by atoms with Crippen molar-refractivity contribution in [1.29, 1.82) is 0 Å². The number of amides is 1. The second-order valence-corrected chi connectivity index (χ2v) is 8.75. The van der Waals surface area contributed by atoms with Crippen LogP contribution in [0.5, 0.6) is 0 Å².